The van der Waals surface area contributed by atoms with E-state index < -0.39 is 0 Å². The quantitative estimate of drug-likeness (QED) is 0.877. The summed E-state index contributed by atoms with van der Waals surface area (Å²) in [5.41, 5.74) is 7.74. The van der Waals surface area contributed by atoms with Crippen molar-refractivity contribution in [3.8, 4) is 11.5 Å². The van der Waals surface area contributed by atoms with Crippen molar-refractivity contribution in [2.45, 2.75) is 32.9 Å². The highest BCUT2D eigenvalue weighted by atomic mass is 16.5. The summed E-state index contributed by atoms with van der Waals surface area (Å²) in [6.45, 7) is 4.18. The number of rotatable bonds is 6. The van der Waals surface area contributed by atoms with E-state index in [-0.39, 0.29) is 6.04 Å². The number of hydrogen-bond acceptors (Lipinski definition) is 5. The number of aromatic nitrogens is 1. The third-order valence-corrected chi connectivity index (χ3v) is 2.86. The molecule has 0 radical (unpaired) electrons. The molecule has 0 amide bonds. The maximum atomic E-state index is 5.87. The van der Waals surface area contributed by atoms with E-state index in [1.807, 2.05) is 38.1 Å². The molecule has 0 aliphatic carbocycles. The third-order valence-electron chi connectivity index (χ3n) is 2.86. The van der Waals surface area contributed by atoms with Crippen molar-refractivity contribution >= 4 is 0 Å². The average molecular weight is 276 g/mol. The summed E-state index contributed by atoms with van der Waals surface area (Å²) in [4.78, 5) is 0. The summed E-state index contributed by atoms with van der Waals surface area (Å²) in [6, 6.07) is 7.61. The number of nitrogens with zero attached hydrogens (tertiary/aromatic N) is 1. The summed E-state index contributed by atoms with van der Waals surface area (Å²) in [5, 5.41) is 3.83. The molecule has 0 spiro atoms. The highest BCUT2D eigenvalue weighted by Crippen LogP contribution is 2.26. The molecule has 0 fully saturated rings. The Morgan fingerprint density at radius 1 is 1.35 bits per heavy atom. The minimum atomic E-state index is 0.0528. The minimum Gasteiger partial charge on any atom is -0.497 e. The summed E-state index contributed by atoms with van der Waals surface area (Å²) in [6.07, 6.45) is 0.724. The Labute approximate surface area is 118 Å². The Kier molecular flexibility index (Phi) is 4.63. The lowest BCUT2D eigenvalue weighted by molar-refractivity contribution is 0.246. The van der Waals surface area contributed by atoms with Gasteiger partial charge in [0.15, 0.2) is 5.76 Å². The van der Waals surface area contributed by atoms with Gasteiger partial charge in [0.05, 0.1) is 12.8 Å². The smallest absolute Gasteiger partial charge is 0.174 e. The Morgan fingerprint density at radius 2 is 2.15 bits per heavy atom. The fraction of sp³-hybridized carbons (Fsp3) is 0.400. The topological polar surface area (TPSA) is 70.5 Å². The molecule has 1 aromatic carbocycles. The van der Waals surface area contributed by atoms with E-state index in [9.17, 15) is 0 Å². The summed E-state index contributed by atoms with van der Waals surface area (Å²) < 4.78 is 16.2. The molecule has 1 heterocycles. The van der Waals surface area contributed by atoms with Crippen LogP contribution in [0.25, 0.3) is 0 Å². The van der Waals surface area contributed by atoms with Crippen LogP contribution < -0.4 is 15.2 Å². The van der Waals surface area contributed by atoms with Crippen molar-refractivity contribution in [3.05, 3.63) is 41.3 Å². The number of hydrogen-bond donors (Lipinski definition) is 1. The van der Waals surface area contributed by atoms with Gasteiger partial charge in [0, 0.05) is 12.1 Å². The Balaban J connectivity index is 2.12. The highest BCUT2D eigenvalue weighted by Gasteiger charge is 2.10. The summed E-state index contributed by atoms with van der Waals surface area (Å²) in [5.74, 6) is 2.28. The molecule has 1 atom stereocenters. The van der Waals surface area contributed by atoms with Gasteiger partial charge in [0.1, 0.15) is 18.1 Å². The SMILES string of the molecule is COc1ccc(OCc2cc(C)no2)c(CC(C)N)c1. The Morgan fingerprint density at radius 3 is 2.75 bits per heavy atom. The van der Waals surface area contributed by atoms with E-state index in [0.717, 1.165) is 29.2 Å². The third kappa shape index (κ3) is 3.74. The predicted octanol–water partition coefficient (Wildman–Crippen LogP) is 2.46. The fourth-order valence-corrected chi connectivity index (χ4v) is 1.96. The zero-order chi connectivity index (χ0) is 14.5. The average Bonchev–Trinajstić information content (AvgIpc) is 2.82. The first kappa shape index (κ1) is 14.4. The van der Waals surface area contributed by atoms with Crippen molar-refractivity contribution < 1.29 is 14.0 Å². The monoisotopic (exact) mass is 276 g/mol. The number of aryl methyl sites for hydroxylation is 1. The van der Waals surface area contributed by atoms with Gasteiger partial charge >= 0.3 is 0 Å². The molecule has 108 valence electrons. The predicted molar refractivity (Wildman–Crippen MR) is 75.9 cm³/mol. The molecule has 2 rings (SSSR count). The molecule has 1 unspecified atom stereocenters. The maximum absolute atomic E-state index is 5.87. The molecule has 5 nitrogen and oxygen atoms in total. The van der Waals surface area contributed by atoms with Gasteiger partial charge in [-0.1, -0.05) is 5.16 Å². The second-order valence-electron chi connectivity index (χ2n) is 4.88. The molecule has 0 aliphatic heterocycles. The van der Waals surface area contributed by atoms with Gasteiger partial charge in [-0.25, -0.2) is 0 Å². The molecule has 1 aromatic heterocycles. The van der Waals surface area contributed by atoms with Crippen molar-refractivity contribution in [2.75, 3.05) is 7.11 Å². The lowest BCUT2D eigenvalue weighted by atomic mass is 10.1. The molecule has 20 heavy (non-hydrogen) atoms. The first-order valence-electron chi connectivity index (χ1n) is 6.56. The largest absolute Gasteiger partial charge is 0.497 e. The number of methoxy groups -OCH3 is 1. The van der Waals surface area contributed by atoms with Crippen LogP contribution in [-0.2, 0) is 13.0 Å². The number of ether oxygens (including phenoxy) is 2. The van der Waals surface area contributed by atoms with Crippen LogP contribution in [0.2, 0.25) is 0 Å². The fourth-order valence-electron chi connectivity index (χ4n) is 1.96. The molecule has 0 saturated carbocycles. The van der Waals surface area contributed by atoms with E-state index >= 15 is 0 Å². The van der Waals surface area contributed by atoms with Gasteiger partial charge in [-0.05, 0) is 44.0 Å². The molecule has 2 aromatic rings. The Hall–Kier alpha value is -2.01. The van der Waals surface area contributed by atoms with Gasteiger partial charge in [0.25, 0.3) is 0 Å². The van der Waals surface area contributed by atoms with Crippen LogP contribution in [0.1, 0.15) is 23.9 Å². The lowest BCUT2D eigenvalue weighted by Gasteiger charge is -2.13. The second-order valence-corrected chi connectivity index (χ2v) is 4.88. The van der Waals surface area contributed by atoms with Crippen LogP contribution in [-0.4, -0.2) is 18.3 Å². The van der Waals surface area contributed by atoms with Crippen LogP contribution >= 0.6 is 0 Å². The molecule has 0 bridgehead atoms. The first-order valence-corrected chi connectivity index (χ1v) is 6.56. The minimum absolute atomic E-state index is 0.0528. The van der Waals surface area contributed by atoms with Crippen molar-refractivity contribution in [1.29, 1.82) is 0 Å². The van der Waals surface area contributed by atoms with E-state index in [2.05, 4.69) is 5.16 Å². The van der Waals surface area contributed by atoms with E-state index in [0.29, 0.717) is 12.4 Å². The molecule has 0 aliphatic rings. The number of benzene rings is 1. The van der Waals surface area contributed by atoms with Crippen LogP contribution in [0.3, 0.4) is 0 Å². The van der Waals surface area contributed by atoms with Crippen molar-refractivity contribution in [1.82, 2.24) is 5.16 Å². The van der Waals surface area contributed by atoms with E-state index in [4.69, 9.17) is 19.7 Å². The maximum Gasteiger partial charge on any atom is 0.174 e. The van der Waals surface area contributed by atoms with Gasteiger partial charge in [-0.3, -0.25) is 0 Å². The molecular formula is C15H20N2O3. The standard InChI is InChI=1S/C15H20N2O3/c1-10(16)6-12-8-13(18-3)4-5-15(12)19-9-14-7-11(2)17-20-14/h4-5,7-8,10H,6,9,16H2,1-3H3. The molecule has 5 heteroatoms. The van der Waals surface area contributed by atoms with Gasteiger partial charge in [-0.2, -0.15) is 0 Å². The Bertz CT molecular complexity index is 564. The zero-order valence-corrected chi connectivity index (χ0v) is 12.1. The normalized spacial score (nSPS) is 12.2. The van der Waals surface area contributed by atoms with E-state index in [1.54, 1.807) is 7.11 Å². The zero-order valence-electron chi connectivity index (χ0n) is 12.1. The highest BCUT2D eigenvalue weighted by molar-refractivity contribution is 5.40. The van der Waals surface area contributed by atoms with Crippen molar-refractivity contribution in [2.24, 2.45) is 5.73 Å². The van der Waals surface area contributed by atoms with Crippen LogP contribution in [0.15, 0.2) is 28.8 Å². The van der Waals surface area contributed by atoms with Crippen LogP contribution in [0, 0.1) is 6.92 Å². The lowest BCUT2D eigenvalue weighted by Crippen LogP contribution is -2.18. The van der Waals surface area contributed by atoms with Gasteiger partial charge in [0.2, 0.25) is 0 Å². The summed E-state index contributed by atoms with van der Waals surface area (Å²) in [7, 11) is 1.64. The van der Waals surface area contributed by atoms with E-state index in [1.165, 1.54) is 0 Å². The summed E-state index contributed by atoms with van der Waals surface area (Å²) >= 11 is 0. The van der Waals surface area contributed by atoms with Gasteiger partial charge in [-0.15, -0.1) is 0 Å². The number of nitrogens with two attached hydrogens (primary N) is 1. The van der Waals surface area contributed by atoms with Crippen molar-refractivity contribution in [3.63, 3.8) is 0 Å². The van der Waals surface area contributed by atoms with Crippen LogP contribution in [0.4, 0.5) is 0 Å². The molecule has 0 saturated heterocycles. The molecule has 2 N–H and O–H groups in total. The molecular weight excluding hydrogens is 256 g/mol. The second kappa shape index (κ2) is 6.43. The first-order chi connectivity index (χ1) is 9.58. The van der Waals surface area contributed by atoms with Crippen LogP contribution in [0.5, 0.6) is 11.5 Å². The van der Waals surface area contributed by atoms with Gasteiger partial charge < -0.3 is 19.7 Å².